The van der Waals surface area contributed by atoms with Crippen LogP contribution < -0.4 is 5.32 Å². The van der Waals surface area contributed by atoms with Crippen molar-refractivity contribution < 1.29 is 22.5 Å². The van der Waals surface area contributed by atoms with E-state index in [9.17, 15) is 18.0 Å². The lowest BCUT2D eigenvalue weighted by Gasteiger charge is -2.15. The van der Waals surface area contributed by atoms with Crippen LogP contribution in [-0.4, -0.2) is 16.0 Å². The molecular formula is C16H18F3N3O2. The summed E-state index contributed by atoms with van der Waals surface area (Å²) < 4.78 is 42.6. The number of aromatic nitrogens is 2. The Balaban J connectivity index is 1.94. The van der Waals surface area contributed by atoms with Gasteiger partial charge in [0, 0.05) is 5.92 Å². The second kappa shape index (κ2) is 7.46. The van der Waals surface area contributed by atoms with E-state index in [0.29, 0.717) is 30.1 Å². The number of carbonyl (C=O) groups excluding carboxylic acids is 1. The first kappa shape index (κ1) is 18.0. The lowest BCUT2D eigenvalue weighted by atomic mass is 9.95. The minimum atomic E-state index is -4.36. The minimum Gasteiger partial charge on any atom is -0.347 e. The Labute approximate surface area is 137 Å². The first-order chi connectivity index (χ1) is 11.3. The Morgan fingerprint density at radius 3 is 2.46 bits per heavy atom. The zero-order valence-electron chi connectivity index (χ0n) is 13.4. The van der Waals surface area contributed by atoms with Crippen LogP contribution in [0.15, 0.2) is 28.8 Å². The fourth-order valence-electron chi connectivity index (χ4n) is 2.26. The fourth-order valence-corrected chi connectivity index (χ4v) is 2.26. The van der Waals surface area contributed by atoms with Crippen LogP contribution in [0.3, 0.4) is 0 Å². The van der Waals surface area contributed by atoms with E-state index < -0.39 is 11.7 Å². The van der Waals surface area contributed by atoms with Crippen LogP contribution in [0.25, 0.3) is 0 Å². The highest BCUT2D eigenvalue weighted by atomic mass is 19.4. The second-order valence-corrected chi connectivity index (χ2v) is 5.46. The van der Waals surface area contributed by atoms with Gasteiger partial charge in [-0.25, -0.2) is 0 Å². The second-order valence-electron chi connectivity index (χ2n) is 5.46. The van der Waals surface area contributed by atoms with Crippen molar-refractivity contribution in [1.29, 1.82) is 0 Å². The largest absolute Gasteiger partial charge is 0.416 e. The topological polar surface area (TPSA) is 68.0 Å². The Morgan fingerprint density at radius 2 is 1.96 bits per heavy atom. The van der Waals surface area contributed by atoms with E-state index in [1.807, 2.05) is 6.92 Å². The summed E-state index contributed by atoms with van der Waals surface area (Å²) in [6.07, 6.45) is -3.43. The maximum absolute atomic E-state index is 12.6. The van der Waals surface area contributed by atoms with Gasteiger partial charge in [0.15, 0.2) is 5.82 Å². The normalized spacial score (nSPS) is 12.9. The smallest absolute Gasteiger partial charge is 0.347 e. The maximum atomic E-state index is 12.6. The molecule has 24 heavy (non-hydrogen) atoms. The van der Waals surface area contributed by atoms with Gasteiger partial charge in [0.25, 0.3) is 0 Å². The quantitative estimate of drug-likeness (QED) is 0.875. The van der Waals surface area contributed by atoms with Gasteiger partial charge in [-0.3, -0.25) is 4.79 Å². The molecule has 1 N–H and O–H groups in total. The molecule has 0 aliphatic heterocycles. The molecule has 0 aliphatic rings. The number of halogens is 3. The van der Waals surface area contributed by atoms with Crippen LogP contribution in [0.5, 0.6) is 0 Å². The average Bonchev–Trinajstić information content (AvgIpc) is 2.95. The van der Waals surface area contributed by atoms with Gasteiger partial charge in [0.05, 0.1) is 12.1 Å². The summed E-state index contributed by atoms with van der Waals surface area (Å²) in [7, 11) is 0. The summed E-state index contributed by atoms with van der Waals surface area (Å²) in [5.41, 5.74) is -0.0193. The molecule has 130 valence electrons. The lowest BCUT2D eigenvalue weighted by molar-refractivity contribution is -0.137. The van der Waals surface area contributed by atoms with Crippen molar-refractivity contribution in [3.63, 3.8) is 0 Å². The number of alkyl halides is 3. The third kappa shape index (κ3) is 4.81. The summed E-state index contributed by atoms with van der Waals surface area (Å²) in [6.45, 7) is 3.66. The van der Waals surface area contributed by atoms with Gasteiger partial charge in [-0.05, 0) is 37.5 Å². The SMILES string of the molecule is CC[C@@H](Cc1ccc(C(F)(F)F)cc1)C(=O)NCc1nc(C)no1. The maximum Gasteiger partial charge on any atom is 0.416 e. The number of hydrogen-bond donors (Lipinski definition) is 1. The molecule has 8 heteroatoms. The molecule has 0 radical (unpaired) electrons. The highest BCUT2D eigenvalue weighted by molar-refractivity contribution is 5.78. The van der Waals surface area contributed by atoms with Crippen molar-refractivity contribution in [3.8, 4) is 0 Å². The third-order valence-electron chi connectivity index (χ3n) is 3.61. The van der Waals surface area contributed by atoms with Gasteiger partial charge in [-0.1, -0.05) is 24.2 Å². The predicted octanol–water partition coefficient (Wildman–Crippen LogP) is 3.28. The minimum absolute atomic E-state index is 0.128. The van der Waals surface area contributed by atoms with Crippen LogP contribution >= 0.6 is 0 Å². The first-order valence-electron chi connectivity index (χ1n) is 7.52. The number of aryl methyl sites for hydroxylation is 1. The van der Waals surface area contributed by atoms with E-state index in [-0.39, 0.29) is 18.4 Å². The van der Waals surface area contributed by atoms with Crippen LogP contribution in [-0.2, 0) is 23.9 Å². The molecule has 1 atom stereocenters. The summed E-state index contributed by atoms with van der Waals surface area (Å²) in [5, 5.41) is 6.33. The summed E-state index contributed by atoms with van der Waals surface area (Å²) in [6, 6.07) is 4.86. The van der Waals surface area contributed by atoms with E-state index in [1.165, 1.54) is 12.1 Å². The van der Waals surface area contributed by atoms with Crippen LogP contribution in [0, 0.1) is 12.8 Å². The van der Waals surface area contributed by atoms with Gasteiger partial charge in [0.1, 0.15) is 0 Å². The summed E-state index contributed by atoms with van der Waals surface area (Å²) in [4.78, 5) is 16.2. The van der Waals surface area contributed by atoms with Crippen molar-refractivity contribution in [2.45, 2.75) is 39.4 Å². The van der Waals surface area contributed by atoms with E-state index in [0.717, 1.165) is 12.1 Å². The number of benzene rings is 1. The highest BCUT2D eigenvalue weighted by Crippen LogP contribution is 2.29. The molecule has 1 amide bonds. The third-order valence-corrected chi connectivity index (χ3v) is 3.61. The Kier molecular flexibility index (Phi) is 5.58. The van der Waals surface area contributed by atoms with Crippen molar-refractivity contribution in [2.24, 2.45) is 5.92 Å². The molecule has 1 aromatic carbocycles. The number of hydrogen-bond acceptors (Lipinski definition) is 4. The molecule has 1 heterocycles. The molecule has 5 nitrogen and oxygen atoms in total. The first-order valence-corrected chi connectivity index (χ1v) is 7.52. The number of nitrogens with one attached hydrogen (secondary N) is 1. The lowest BCUT2D eigenvalue weighted by Crippen LogP contribution is -2.31. The van der Waals surface area contributed by atoms with Crippen molar-refractivity contribution in [3.05, 3.63) is 47.1 Å². The predicted molar refractivity (Wildman–Crippen MR) is 79.8 cm³/mol. The Bertz CT molecular complexity index is 681. The highest BCUT2D eigenvalue weighted by Gasteiger charge is 2.30. The van der Waals surface area contributed by atoms with Crippen LogP contribution in [0.1, 0.15) is 36.2 Å². The molecule has 0 unspecified atom stereocenters. The van der Waals surface area contributed by atoms with Crippen molar-refractivity contribution >= 4 is 5.91 Å². The van der Waals surface area contributed by atoms with Crippen LogP contribution in [0.4, 0.5) is 13.2 Å². The van der Waals surface area contributed by atoms with E-state index >= 15 is 0 Å². The number of rotatable bonds is 6. The van der Waals surface area contributed by atoms with Crippen molar-refractivity contribution in [1.82, 2.24) is 15.5 Å². The van der Waals surface area contributed by atoms with E-state index in [1.54, 1.807) is 6.92 Å². The van der Waals surface area contributed by atoms with Gasteiger partial charge in [-0.2, -0.15) is 18.2 Å². The number of carbonyl (C=O) groups is 1. The molecule has 0 saturated carbocycles. The molecule has 0 fully saturated rings. The summed E-state index contributed by atoms with van der Waals surface area (Å²) >= 11 is 0. The van der Waals surface area contributed by atoms with Crippen molar-refractivity contribution in [2.75, 3.05) is 0 Å². The molecule has 2 aromatic rings. The molecule has 0 bridgehead atoms. The zero-order chi connectivity index (χ0) is 17.7. The number of nitrogens with zero attached hydrogens (tertiary/aromatic N) is 2. The molecule has 0 saturated heterocycles. The standard InChI is InChI=1S/C16H18F3N3O2/c1-3-12(15(23)20-9-14-21-10(2)22-24-14)8-11-4-6-13(7-5-11)16(17,18)19/h4-7,12H,3,8-9H2,1-2H3,(H,20,23)/t12-/m0/s1. The van der Waals surface area contributed by atoms with Gasteiger partial charge < -0.3 is 9.84 Å². The molecule has 2 rings (SSSR count). The van der Waals surface area contributed by atoms with Gasteiger partial charge in [0.2, 0.25) is 11.8 Å². The fraction of sp³-hybridized carbons (Fsp3) is 0.438. The van der Waals surface area contributed by atoms with E-state index in [2.05, 4.69) is 15.5 Å². The van der Waals surface area contributed by atoms with E-state index in [4.69, 9.17) is 4.52 Å². The Morgan fingerprint density at radius 1 is 1.29 bits per heavy atom. The molecule has 0 aliphatic carbocycles. The van der Waals surface area contributed by atoms with Gasteiger partial charge >= 0.3 is 6.18 Å². The number of amides is 1. The molecular weight excluding hydrogens is 323 g/mol. The Hall–Kier alpha value is -2.38. The summed E-state index contributed by atoms with van der Waals surface area (Å²) in [5.74, 6) is 0.250. The molecule has 1 aromatic heterocycles. The van der Waals surface area contributed by atoms with Gasteiger partial charge in [-0.15, -0.1) is 0 Å². The monoisotopic (exact) mass is 341 g/mol. The zero-order valence-corrected chi connectivity index (χ0v) is 13.4. The average molecular weight is 341 g/mol. The molecule has 0 spiro atoms. The van der Waals surface area contributed by atoms with Crippen LogP contribution in [0.2, 0.25) is 0 Å².